The molecule has 20 heavy (non-hydrogen) atoms. The molecule has 104 valence electrons. The van der Waals surface area contributed by atoms with E-state index < -0.39 is 5.82 Å². The van der Waals surface area contributed by atoms with Crippen LogP contribution in [0, 0.1) is 5.82 Å². The molecule has 2 nitrogen and oxygen atoms in total. The van der Waals surface area contributed by atoms with Crippen LogP contribution in [0.2, 0.25) is 25.1 Å². The largest absolute Gasteiger partial charge is 0.298 e. The Labute approximate surface area is 138 Å². The van der Waals surface area contributed by atoms with Crippen molar-refractivity contribution in [2.24, 2.45) is 0 Å². The average Bonchev–Trinajstić information content (AvgIpc) is 2.43. The molecule has 0 saturated carbocycles. The van der Waals surface area contributed by atoms with E-state index in [4.69, 9.17) is 58.0 Å². The van der Waals surface area contributed by atoms with E-state index in [0.29, 0.717) is 6.29 Å². The predicted molar refractivity (Wildman–Crippen MR) is 80.1 cm³/mol. The quantitative estimate of drug-likeness (QED) is 0.369. The number of carbonyl (C=O) groups is 1. The molecule has 8 heteroatoms. The van der Waals surface area contributed by atoms with Crippen LogP contribution in [0.3, 0.4) is 0 Å². The standard InChI is InChI=1S/C12H3Cl5FNO/c13-8-7(9(14)11(16)12(17)10(8)15)4-1-19-2-6(18)5(4)3-20/h1-3H. The summed E-state index contributed by atoms with van der Waals surface area (Å²) in [4.78, 5) is 14.7. The number of halogens is 6. The van der Waals surface area contributed by atoms with E-state index in [1.807, 2.05) is 0 Å². The van der Waals surface area contributed by atoms with E-state index in [0.717, 1.165) is 6.20 Å². The van der Waals surface area contributed by atoms with Crippen molar-refractivity contribution in [2.75, 3.05) is 0 Å². The van der Waals surface area contributed by atoms with E-state index in [9.17, 15) is 9.18 Å². The van der Waals surface area contributed by atoms with Gasteiger partial charge in [-0.1, -0.05) is 58.0 Å². The average molecular weight is 373 g/mol. The lowest BCUT2D eigenvalue weighted by Gasteiger charge is -2.13. The van der Waals surface area contributed by atoms with Crippen molar-refractivity contribution in [3.63, 3.8) is 0 Å². The molecule has 0 unspecified atom stereocenters. The van der Waals surface area contributed by atoms with Gasteiger partial charge in [-0.2, -0.15) is 0 Å². The van der Waals surface area contributed by atoms with Gasteiger partial charge in [0, 0.05) is 17.3 Å². The molecule has 0 bridgehead atoms. The Morgan fingerprint density at radius 1 is 0.900 bits per heavy atom. The Balaban J connectivity index is 2.91. The highest BCUT2D eigenvalue weighted by molar-refractivity contribution is 6.56. The van der Waals surface area contributed by atoms with Gasteiger partial charge in [-0.25, -0.2) is 4.39 Å². The van der Waals surface area contributed by atoms with Crippen molar-refractivity contribution in [3.05, 3.63) is 48.9 Å². The second-order valence-electron chi connectivity index (χ2n) is 3.65. The number of hydrogen-bond acceptors (Lipinski definition) is 2. The normalized spacial score (nSPS) is 10.7. The van der Waals surface area contributed by atoms with Gasteiger partial charge < -0.3 is 0 Å². The molecule has 1 heterocycles. The lowest BCUT2D eigenvalue weighted by molar-refractivity contribution is 0.112. The molecule has 1 aromatic heterocycles. The molecule has 2 aromatic rings. The van der Waals surface area contributed by atoms with Crippen molar-refractivity contribution in [1.29, 1.82) is 0 Å². The first-order valence-electron chi connectivity index (χ1n) is 5.00. The number of aldehydes is 1. The molecule has 2 rings (SSSR count). The third-order valence-electron chi connectivity index (χ3n) is 2.54. The van der Waals surface area contributed by atoms with Crippen molar-refractivity contribution in [2.45, 2.75) is 0 Å². The van der Waals surface area contributed by atoms with Crippen molar-refractivity contribution in [1.82, 2.24) is 4.98 Å². The van der Waals surface area contributed by atoms with Crippen LogP contribution in [0.4, 0.5) is 4.39 Å². The number of hydrogen-bond donors (Lipinski definition) is 0. The summed E-state index contributed by atoms with van der Waals surface area (Å²) < 4.78 is 13.6. The minimum atomic E-state index is -0.813. The van der Waals surface area contributed by atoms with E-state index in [2.05, 4.69) is 4.98 Å². The summed E-state index contributed by atoms with van der Waals surface area (Å²) in [5.41, 5.74) is -0.0736. The molecule has 0 atom stereocenters. The summed E-state index contributed by atoms with van der Waals surface area (Å²) in [6.07, 6.45) is 2.46. The van der Waals surface area contributed by atoms with E-state index in [1.54, 1.807) is 0 Å². The summed E-state index contributed by atoms with van der Waals surface area (Å²) in [7, 11) is 0. The van der Waals surface area contributed by atoms with Gasteiger partial charge in [-0.05, 0) is 0 Å². The predicted octanol–water partition coefficient (Wildman–Crippen LogP) is 5.97. The van der Waals surface area contributed by atoms with Crippen molar-refractivity contribution < 1.29 is 9.18 Å². The first kappa shape index (κ1) is 15.8. The maximum atomic E-state index is 13.6. The van der Waals surface area contributed by atoms with Crippen LogP contribution in [0.5, 0.6) is 0 Å². The van der Waals surface area contributed by atoms with Crippen LogP contribution in [0.15, 0.2) is 12.4 Å². The zero-order valence-corrected chi connectivity index (χ0v) is 13.1. The minimum absolute atomic E-state index is 0.0240. The van der Waals surface area contributed by atoms with E-state index in [-0.39, 0.29) is 41.8 Å². The minimum Gasteiger partial charge on any atom is -0.298 e. The lowest BCUT2D eigenvalue weighted by atomic mass is 10.0. The molecular weight excluding hydrogens is 370 g/mol. The molecule has 0 aliphatic heterocycles. The molecule has 0 aliphatic carbocycles. The first-order chi connectivity index (χ1) is 9.40. The smallest absolute Gasteiger partial charge is 0.153 e. The lowest BCUT2D eigenvalue weighted by Crippen LogP contribution is -1.96. The van der Waals surface area contributed by atoms with E-state index >= 15 is 0 Å². The molecule has 0 N–H and O–H groups in total. The number of rotatable bonds is 2. The van der Waals surface area contributed by atoms with Gasteiger partial charge in [0.25, 0.3) is 0 Å². The Hall–Kier alpha value is -0.580. The molecule has 0 spiro atoms. The fourth-order valence-corrected chi connectivity index (χ4v) is 2.95. The second kappa shape index (κ2) is 6.04. The van der Waals surface area contributed by atoms with Gasteiger partial charge >= 0.3 is 0 Å². The maximum absolute atomic E-state index is 13.6. The number of pyridine rings is 1. The zero-order valence-electron chi connectivity index (χ0n) is 9.36. The number of aromatic nitrogens is 1. The molecular formula is C12H3Cl5FNO. The Morgan fingerprint density at radius 3 is 1.90 bits per heavy atom. The van der Waals surface area contributed by atoms with E-state index in [1.165, 1.54) is 6.20 Å². The number of nitrogens with zero attached hydrogens (tertiary/aromatic N) is 1. The molecule has 0 fully saturated rings. The van der Waals surface area contributed by atoms with Crippen LogP contribution in [-0.4, -0.2) is 11.3 Å². The van der Waals surface area contributed by atoms with Crippen LogP contribution in [0.25, 0.3) is 11.1 Å². The maximum Gasteiger partial charge on any atom is 0.153 e. The molecule has 0 saturated heterocycles. The third kappa shape index (κ3) is 2.49. The van der Waals surface area contributed by atoms with Crippen molar-refractivity contribution in [3.8, 4) is 11.1 Å². The Bertz CT molecular complexity index is 690. The van der Waals surface area contributed by atoms with Gasteiger partial charge in [0.2, 0.25) is 0 Å². The van der Waals surface area contributed by atoms with Crippen LogP contribution < -0.4 is 0 Å². The highest BCUT2D eigenvalue weighted by Crippen LogP contribution is 2.48. The summed E-state index contributed by atoms with van der Waals surface area (Å²) >= 11 is 29.9. The monoisotopic (exact) mass is 371 g/mol. The van der Waals surface area contributed by atoms with Crippen molar-refractivity contribution >= 4 is 64.3 Å². The van der Waals surface area contributed by atoms with Crippen LogP contribution in [0.1, 0.15) is 10.4 Å². The van der Waals surface area contributed by atoms with Gasteiger partial charge in [0.05, 0.1) is 36.9 Å². The topological polar surface area (TPSA) is 30.0 Å². The summed E-state index contributed by atoms with van der Waals surface area (Å²) in [5.74, 6) is -0.813. The zero-order chi connectivity index (χ0) is 15.0. The highest BCUT2D eigenvalue weighted by atomic mass is 35.5. The fourth-order valence-electron chi connectivity index (χ4n) is 1.61. The number of benzene rings is 1. The summed E-state index contributed by atoms with van der Waals surface area (Å²) in [6, 6.07) is 0. The second-order valence-corrected chi connectivity index (χ2v) is 5.54. The molecule has 1 aromatic carbocycles. The fraction of sp³-hybridized carbons (Fsp3) is 0. The Kier molecular flexibility index (Phi) is 4.77. The Morgan fingerprint density at radius 2 is 1.40 bits per heavy atom. The van der Waals surface area contributed by atoms with Gasteiger partial charge in [-0.15, -0.1) is 0 Å². The SMILES string of the molecule is O=Cc1c(F)cncc1-c1c(Cl)c(Cl)c(Cl)c(Cl)c1Cl. The van der Waals surface area contributed by atoms with Crippen LogP contribution >= 0.6 is 58.0 Å². The molecule has 0 amide bonds. The molecule has 0 aliphatic rings. The van der Waals surface area contributed by atoms with Gasteiger partial charge in [-0.3, -0.25) is 9.78 Å². The van der Waals surface area contributed by atoms with Gasteiger partial charge in [0.15, 0.2) is 12.1 Å². The summed E-state index contributed by atoms with van der Waals surface area (Å²) in [5, 5.41) is -0.190. The highest BCUT2D eigenvalue weighted by Gasteiger charge is 2.23. The van der Waals surface area contributed by atoms with Crippen LogP contribution in [-0.2, 0) is 0 Å². The third-order valence-corrected chi connectivity index (χ3v) is 4.81. The van der Waals surface area contributed by atoms with Gasteiger partial charge in [0.1, 0.15) is 0 Å². The first-order valence-corrected chi connectivity index (χ1v) is 6.89. The summed E-state index contributed by atoms with van der Waals surface area (Å²) in [6.45, 7) is 0. The number of carbonyl (C=O) groups excluding carboxylic acids is 1. The molecule has 0 radical (unpaired) electrons.